The number of nitrogens with zero attached hydrogens (tertiary/aromatic N) is 3. The first-order valence-electron chi connectivity index (χ1n) is 7.18. The van der Waals surface area contributed by atoms with Gasteiger partial charge in [-0.2, -0.15) is 0 Å². The van der Waals surface area contributed by atoms with Gasteiger partial charge in [0.1, 0.15) is 11.4 Å². The van der Waals surface area contributed by atoms with Crippen LogP contribution in [0.15, 0.2) is 48.5 Å². The number of hydrogen-bond acceptors (Lipinski definition) is 5. The number of carboxylic acid groups (broad SMARTS) is 2. The molecule has 0 bridgehead atoms. The molecule has 0 aliphatic carbocycles. The van der Waals surface area contributed by atoms with Crippen LogP contribution in [0, 0.1) is 0 Å². The van der Waals surface area contributed by atoms with Gasteiger partial charge in [-0.05, 0) is 48.5 Å². The molecule has 126 valence electrons. The van der Waals surface area contributed by atoms with Crippen LogP contribution in [0.4, 0.5) is 0 Å². The fourth-order valence-corrected chi connectivity index (χ4v) is 2.36. The molecule has 0 radical (unpaired) electrons. The summed E-state index contributed by atoms with van der Waals surface area (Å²) < 4.78 is 6.46. The normalized spacial score (nSPS) is 10.4. The smallest absolute Gasteiger partial charge is 0.358 e. The van der Waals surface area contributed by atoms with Crippen LogP contribution < -0.4 is 4.74 Å². The minimum absolute atomic E-state index is 0.119. The average Bonchev–Trinajstić information content (AvgIpc) is 3.07. The van der Waals surface area contributed by atoms with E-state index >= 15 is 0 Å². The third kappa shape index (κ3) is 3.05. The molecule has 0 aliphatic rings. The van der Waals surface area contributed by atoms with Gasteiger partial charge in [0.15, 0.2) is 5.69 Å². The van der Waals surface area contributed by atoms with Crippen molar-refractivity contribution >= 4 is 11.9 Å². The zero-order valence-corrected chi connectivity index (χ0v) is 13.1. The summed E-state index contributed by atoms with van der Waals surface area (Å²) in [5.41, 5.74) is 1.29. The van der Waals surface area contributed by atoms with E-state index in [0.717, 1.165) is 0 Å². The highest BCUT2D eigenvalue weighted by Gasteiger charge is 2.21. The maximum absolute atomic E-state index is 11.5. The highest BCUT2D eigenvalue weighted by Crippen LogP contribution is 2.27. The van der Waals surface area contributed by atoms with Crippen LogP contribution >= 0.6 is 0 Å². The van der Waals surface area contributed by atoms with E-state index in [1.165, 1.54) is 36.1 Å². The lowest BCUT2D eigenvalue weighted by Crippen LogP contribution is -2.04. The van der Waals surface area contributed by atoms with E-state index < -0.39 is 11.9 Å². The van der Waals surface area contributed by atoms with E-state index in [9.17, 15) is 14.7 Å². The summed E-state index contributed by atoms with van der Waals surface area (Å²) in [5.74, 6) is -1.63. The van der Waals surface area contributed by atoms with Crippen molar-refractivity contribution in [2.75, 3.05) is 7.11 Å². The summed E-state index contributed by atoms with van der Waals surface area (Å²) in [6.45, 7) is 0. The average molecular weight is 339 g/mol. The number of ether oxygens (including phenoxy) is 1. The van der Waals surface area contributed by atoms with Crippen molar-refractivity contribution in [3.63, 3.8) is 0 Å². The SMILES string of the molecule is COc1ccc(-c2c(C(=O)O)nnn2-c2ccc(C(=O)O)cc2)cc1. The van der Waals surface area contributed by atoms with E-state index in [4.69, 9.17) is 9.84 Å². The molecule has 0 saturated carbocycles. The van der Waals surface area contributed by atoms with Crippen molar-refractivity contribution in [1.29, 1.82) is 0 Å². The van der Waals surface area contributed by atoms with E-state index in [0.29, 0.717) is 22.7 Å². The molecule has 0 saturated heterocycles. The predicted molar refractivity (Wildman–Crippen MR) is 87.3 cm³/mol. The Kier molecular flexibility index (Phi) is 4.17. The van der Waals surface area contributed by atoms with Gasteiger partial charge >= 0.3 is 11.9 Å². The van der Waals surface area contributed by atoms with Gasteiger partial charge in [0, 0.05) is 5.56 Å². The highest BCUT2D eigenvalue weighted by atomic mass is 16.5. The molecule has 1 heterocycles. The van der Waals surface area contributed by atoms with Crippen molar-refractivity contribution < 1.29 is 24.5 Å². The van der Waals surface area contributed by atoms with Crippen LogP contribution in [0.5, 0.6) is 5.75 Å². The third-order valence-corrected chi connectivity index (χ3v) is 3.60. The summed E-state index contributed by atoms with van der Waals surface area (Å²) >= 11 is 0. The molecule has 8 heteroatoms. The Morgan fingerprint density at radius 1 is 0.960 bits per heavy atom. The minimum atomic E-state index is -1.21. The van der Waals surface area contributed by atoms with Crippen molar-refractivity contribution in [1.82, 2.24) is 15.0 Å². The number of aromatic carboxylic acids is 2. The Balaban J connectivity index is 2.13. The van der Waals surface area contributed by atoms with Crippen LogP contribution in [-0.4, -0.2) is 44.3 Å². The largest absolute Gasteiger partial charge is 0.497 e. The fourth-order valence-electron chi connectivity index (χ4n) is 2.36. The number of benzene rings is 2. The molecular formula is C17H13N3O5. The standard InChI is InChI=1S/C17H13N3O5/c1-25-13-8-4-10(5-9-13)15-14(17(23)24)18-19-20(15)12-6-2-11(3-7-12)16(21)22/h2-9H,1H3,(H,21,22)(H,23,24). The Hall–Kier alpha value is -3.68. The Labute approximate surface area is 141 Å². The molecule has 0 spiro atoms. The lowest BCUT2D eigenvalue weighted by Gasteiger charge is -2.08. The van der Waals surface area contributed by atoms with Crippen molar-refractivity contribution in [2.24, 2.45) is 0 Å². The lowest BCUT2D eigenvalue weighted by atomic mass is 10.1. The maximum Gasteiger partial charge on any atom is 0.358 e. The van der Waals surface area contributed by atoms with Gasteiger partial charge < -0.3 is 14.9 Å². The topological polar surface area (TPSA) is 115 Å². The van der Waals surface area contributed by atoms with Gasteiger partial charge in [0.2, 0.25) is 0 Å². The molecule has 1 aromatic heterocycles. The number of aromatic nitrogens is 3. The molecule has 0 atom stereocenters. The number of hydrogen-bond donors (Lipinski definition) is 2. The number of carbonyl (C=O) groups is 2. The van der Waals surface area contributed by atoms with Gasteiger partial charge in [0.05, 0.1) is 18.4 Å². The first-order chi connectivity index (χ1) is 12.0. The van der Waals surface area contributed by atoms with E-state index in [1.54, 1.807) is 24.3 Å². The molecule has 0 amide bonds. The summed E-state index contributed by atoms with van der Waals surface area (Å²) in [6.07, 6.45) is 0. The fraction of sp³-hybridized carbons (Fsp3) is 0.0588. The van der Waals surface area contributed by atoms with Gasteiger partial charge in [-0.1, -0.05) is 5.21 Å². The lowest BCUT2D eigenvalue weighted by molar-refractivity contribution is 0.0683. The zero-order chi connectivity index (χ0) is 18.0. The third-order valence-electron chi connectivity index (χ3n) is 3.60. The maximum atomic E-state index is 11.5. The summed E-state index contributed by atoms with van der Waals surface area (Å²) in [5, 5.41) is 26.0. The van der Waals surface area contributed by atoms with Crippen molar-refractivity contribution in [3.8, 4) is 22.7 Å². The summed E-state index contributed by atoms with van der Waals surface area (Å²) in [6, 6.07) is 12.7. The van der Waals surface area contributed by atoms with Crippen LogP contribution in [0.25, 0.3) is 16.9 Å². The molecule has 25 heavy (non-hydrogen) atoms. The Morgan fingerprint density at radius 2 is 1.60 bits per heavy atom. The van der Waals surface area contributed by atoms with Gasteiger partial charge in [-0.3, -0.25) is 0 Å². The zero-order valence-electron chi connectivity index (χ0n) is 13.1. The summed E-state index contributed by atoms with van der Waals surface area (Å²) in [4.78, 5) is 22.5. The number of rotatable bonds is 5. The van der Waals surface area contributed by atoms with Gasteiger partial charge in [-0.15, -0.1) is 5.10 Å². The molecule has 8 nitrogen and oxygen atoms in total. The molecule has 3 rings (SSSR count). The van der Waals surface area contributed by atoms with Crippen LogP contribution in [0.3, 0.4) is 0 Å². The molecule has 2 N–H and O–H groups in total. The van der Waals surface area contributed by atoms with Crippen LogP contribution in [-0.2, 0) is 0 Å². The van der Waals surface area contributed by atoms with Gasteiger partial charge in [-0.25, -0.2) is 14.3 Å². The van der Waals surface area contributed by atoms with E-state index in [2.05, 4.69) is 10.3 Å². The first kappa shape index (κ1) is 16.2. The molecule has 0 unspecified atom stereocenters. The summed E-state index contributed by atoms with van der Waals surface area (Å²) in [7, 11) is 1.54. The second-order valence-corrected chi connectivity index (χ2v) is 5.08. The van der Waals surface area contributed by atoms with Crippen molar-refractivity contribution in [2.45, 2.75) is 0 Å². The number of carboxylic acids is 2. The van der Waals surface area contributed by atoms with E-state index in [1.807, 2.05) is 0 Å². The van der Waals surface area contributed by atoms with Crippen molar-refractivity contribution in [3.05, 3.63) is 59.8 Å². The molecule has 3 aromatic rings. The van der Waals surface area contributed by atoms with Gasteiger partial charge in [0.25, 0.3) is 0 Å². The quantitative estimate of drug-likeness (QED) is 0.733. The number of methoxy groups -OCH3 is 1. The second-order valence-electron chi connectivity index (χ2n) is 5.08. The second kappa shape index (κ2) is 6.44. The monoisotopic (exact) mass is 339 g/mol. The Bertz CT molecular complexity index is 930. The van der Waals surface area contributed by atoms with Crippen LogP contribution in [0.2, 0.25) is 0 Å². The predicted octanol–water partition coefficient (Wildman–Crippen LogP) is 2.34. The van der Waals surface area contributed by atoms with Crippen LogP contribution in [0.1, 0.15) is 20.8 Å². The highest BCUT2D eigenvalue weighted by molar-refractivity contribution is 5.93. The first-order valence-corrected chi connectivity index (χ1v) is 7.18. The Morgan fingerprint density at radius 3 is 2.12 bits per heavy atom. The molecule has 2 aromatic carbocycles. The minimum Gasteiger partial charge on any atom is -0.497 e. The molecular weight excluding hydrogens is 326 g/mol. The van der Waals surface area contributed by atoms with E-state index in [-0.39, 0.29) is 11.3 Å². The molecule has 0 fully saturated rings. The molecule has 0 aliphatic heterocycles.